The van der Waals surface area contributed by atoms with E-state index < -0.39 is 0 Å². The van der Waals surface area contributed by atoms with Crippen molar-refractivity contribution in [2.45, 2.75) is 76.9 Å². The van der Waals surface area contributed by atoms with Crippen LogP contribution in [0.15, 0.2) is 53.0 Å². The van der Waals surface area contributed by atoms with E-state index in [0.29, 0.717) is 24.5 Å². The van der Waals surface area contributed by atoms with Crippen LogP contribution >= 0.6 is 15.9 Å². The summed E-state index contributed by atoms with van der Waals surface area (Å²) in [7, 11) is 0. The molecule has 2 aromatic carbocycles. The molecule has 2 fully saturated rings. The molecule has 0 spiro atoms. The minimum absolute atomic E-state index is 0.0137. The quantitative estimate of drug-likeness (QED) is 0.404. The molecule has 2 aliphatic rings. The lowest BCUT2D eigenvalue weighted by molar-refractivity contribution is 0.120. The summed E-state index contributed by atoms with van der Waals surface area (Å²) in [5.41, 5.74) is 3.04. The zero-order valence-corrected chi connectivity index (χ0v) is 22.9. The summed E-state index contributed by atoms with van der Waals surface area (Å²) < 4.78 is 0.952. The first-order chi connectivity index (χ1) is 16.7. The molecule has 2 amide bonds. The number of rotatable bonds is 8. The molecule has 5 nitrogen and oxygen atoms in total. The van der Waals surface area contributed by atoms with Crippen molar-refractivity contribution in [3.05, 3.63) is 64.1 Å². The van der Waals surface area contributed by atoms with Gasteiger partial charge in [0, 0.05) is 41.4 Å². The monoisotopic (exact) mass is 536 g/mol. The Bertz CT molecular complexity index is 1090. The van der Waals surface area contributed by atoms with Gasteiger partial charge in [-0.25, -0.2) is 4.79 Å². The Morgan fingerprint density at radius 3 is 2.54 bits per heavy atom. The van der Waals surface area contributed by atoms with Crippen LogP contribution in [0.3, 0.4) is 0 Å². The van der Waals surface area contributed by atoms with Crippen molar-refractivity contribution < 1.29 is 4.79 Å². The lowest BCUT2D eigenvalue weighted by Crippen LogP contribution is -2.50. The van der Waals surface area contributed by atoms with Crippen molar-refractivity contribution >= 4 is 27.6 Å². The number of urea groups is 1. The van der Waals surface area contributed by atoms with Gasteiger partial charge in [0.05, 0.1) is 11.6 Å². The lowest BCUT2D eigenvalue weighted by atomic mass is 9.80. The van der Waals surface area contributed by atoms with Crippen LogP contribution in [0.2, 0.25) is 0 Å². The van der Waals surface area contributed by atoms with E-state index in [2.05, 4.69) is 76.9 Å². The summed E-state index contributed by atoms with van der Waals surface area (Å²) in [5, 5.41) is 12.5. The van der Waals surface area contributed by atoms with Crippen LogP contribution in [0.5, 0.6) is 0 Å². The van der Waals surface area contributed by atoms with Gasteiger partial charge in [-0.05, 0) is 101 Å². The van der Waals surface area contributed by atoms with Crippen molar-refractivity contribution in [1.82, 2.24) is 9.80 Å². The fraction of sp³-hybridized carbons (Fsp3) is 0.517. The van der Waals surface area contributed by atoms with Gasteiger partial charge >= 0.3 is 6.03 Å². The molecule has 4 rings (SSSR count). The normalized spacial score (nSPS) is 23.2. The van der Waals surface area contributed by atoms with E-state index in [4.69, 9.17) is 0 Å². The Hall–Kier alpha value is -2.36. The fourth-order valence-electron chi connectivity index (χ4n) is 6.09. The third kappa shape index (κ3) is 5.73. The predicted molar refractivity (Wildman–Crippen MR) is 145 cm³/mol. The second-order valence-corrected chi connectivity index (χ2v) is 11.7. The topological polar surface area (TPSA) is 59.4 Å². The zero-order chi connectivity index (χ0) is 25.2. The van der Waals surface area contributed by atoms with Crippen LogP contribution in [0, 0.1) is 17.2 Å². The smallest absolute Gasteiger partial charge is 0.320 e. The molecule has 2 aliphatic carbocycles. The number of nitriles is 1. The highest BCUT2D eigenvalue weighted by Crippen LogP contribution is 2.62. The summed E-state index contributed by atoms with van der Waals surface area (Å²) in [6, 6.07) is 19.3. The third-order valence-electron chi connectivity index (χ3n) is 7.98. The molecule has 186 valence electrons. The molecular formula is C29H37BrN4O. The van der Waals surface area contributed by atoms with Gasteiger partial charge in [-0.15, -0.1) is 0 Å². The van der Waals surface area contributed by atoms with Crippen LogP contribution in [0.4, 0.5) is 10.5 Å². The maximum absolute atomic E-state index is 13.6. The van der Waals surface area contributed by atoms with Crippen molar-refractivity contribution in [2.24, 2.45) is 5.92 Å². The number of fused-ring (bicyclic) bond motifs is 1. The Labute approximate surface area is 218 Å². The highest BCUT2D eigenvalue weighted by Gasteiger charge is 2.58. The molecule has 0 aliphatic heterocycles. The summed E-state index contributed by atoms with van der Waals surface area (Å²) in [4.78, 5) is 18.1. The Balaban J connectivity index is 1.50. The van der Waals surface area contributed by atoms with Gasteiger partial charge in [0.2, 0.25) is 0 Å². The number of halogens is 1. The molecule has 3 atom stereocenters. The van der Waals surface area contributed by atoms with Gasteiger partial charge in [-0.1, -0.05) is 34.1 Å². The van der Waals surface area contributed by atoms with Crippen LogP contribution in [-0.4, -0.2) is 47.0 Å². The molecule has 0 radical (unpaired) electrons. The molecule has 6 heteroatoms. The summed E-state index contributed by atoms with van der Waals surface area (Å²) >= 11 is 3.51. The fourth-order valence-corrected chi connectivity index (χ4v) is 6.49. The van der Waals surface area contributed by atoms with Gasteiger partial charge in [-0.2, -0.15) is 5.26 Å². The minimum atomic E-state index is -0.0137. The predicted octanol–water partition coefficient (Wildman–Crippen LogP) is 6.78. The number of hydrogen-bond donors (Lipinski definition) is 1. The molecule has 2 saturated carbocycles. The summed E-state index contributed by atoms with van der Waals surface area (Å²) in [6.45, 7) is 10.5. The molecule has 0 saturated heterocycles. The average molecular weight is 538 g/mol. The minimum Gasteiger partial charge on any atom is -0.320 e. The Morgan fingerprint density at radius 2 is 1.89 bits per heavy atom. The summed E-state index contributed by atoms with van der Waals surface area (Å²) in [6.07, 6.45) is 4.23. The SMILES string of the molecule is CC(C)N(CCN(C(=O)Nc1cccc(Br)c1)C1CC[C@]2(c3cccc(C#N)c3)CC2C1)C(C)C. The number of amides is 2. The third-order valence-corrected chi connectivity index (χ3v) is 8.48. The molecule has 2 aromatic rings. The molecule has 2 unspecified atom stereocenters. The number of hydrogen-bond acceptors (Lipinski definition) is 3. The maximum Gasteiger partial charge on any atom is 0.322 e. The number of benzene rings is 2. The Kier molecular flexibility index (Phi) is 7.88. The van der Waals surface area contributed by atoms with Gasteiger partial charge in [-0.3, -0.25) is 4.90 Å². The first-order valence-electron chi connectivity index (χ1n) is 12.8. The van der Waals surface area contributed by atoms with E-state index in [1.807, 2.05) is 36.4 Å². The van der Waals surface area contributed by atoms with Crippen molar-refractivity contribution in [2.75, 3.05) is 18.4 Å². The standard InChI is InChI=1S/C29H37BrN4O/c1-20(2)33(21(3)4)13-14-34(28(35)32-26-10-6-9-25(30)17-26)27-11-12-29(18-24(29)16-27)23-8-5-7-22(15-23)19-31/h5-10,15,17,20-21,24,27H,11-14,16,18H2,1-4H3,(H,32,35)/t24?,27?,29-/m1/s1. The van der Waals surface area contributed by atoms with Crippen LogP contribution in [0.25, 0.3) is 0 Å². The van der Waals surface area contributed by atoms with E-state index in [1.165, 1.54) is 5.56 Å². The zero-order valence-electron chi connectivity index (χ0n) is 21.3. The molecule has 0 aromatic heterocycles. The first kappa shape index (κ1) is 25.7. The second kappa shape index (κ2) is 10.7. The maximum atomic E-state index is 13.6. The van der Waals surface area contributed by atoms with Crippen LogP contribution in [-0.2, 0) is 5.41 Å². The largest absolute Gasteiger partial charge is 0.322 e. The molecule has 35 heavy (non-hydrogen) atoms. The number of anilines is 1. The Morgan fingerprint density at radius 1 is 1.14 bits per heavy atom. The lowest BCUT2D eigenvalue weighted by Gasteiger charge is -2.39. The number of carbonyl (C=O) groups excluding carboxylic acids is 1. The second-order valence-electron chi connectivity index (χ2n) is 10.7. The van der Waals surface area contributed by atoms with Crippen molar-refractivity contribution in [3.8, 4) is 6.07 Å². The van der Waals surface area contributed by atoms with Crippen LogP contribution in [0.1, 0.15) is 64.5 Å². The van der Waals surface area contributed by atoms with E-state index in [0.717, 1.165) is 48.0 Å². The van der Waals surface area contributed by atoms with Crippen molar-refractivity contribution in [3.63, 3.8) is 0 Å². The highest BCUT2D eigenvalue weighted by molar-refractivity contribution is 9.10. The van der Waals surface area contributed by atoms with Gasteiger partial charge in [0.15, 0.2) is 0 Å². The van der Waals surface area contributed by atoms with E-state index in [-0.39, 0.29) is 17.5 Å². The van der Waals surface area contributed by atoms with E-state index in [1.54, 1.807) is 0 Å². The molecule has 0 heterocycles. The van der Waals surface area contributed by atoms with Crippen LogP contribution < -0.4 is 5.32 Å². The van der Waals surface area contributed by atoms with Crippen molar-refractivity contribution in [1.29, 1.82) is 5.26 Å². The molecule has 1 N–H and O–H groups in total. The molecular weight excluding hydrogens is 500 g/mol. The van der Waals surface area contributed by atoms with E-state index in [9.17, 15) is 10.1 Å². The molecule has 0 bridgehead atoms. The number of nitrogens with zero attached hydrogens (tertiary/aromatic N) is 3. The average Bonchev–Trinajstić information content (AvgIpc) is 3.56. The van der Waals surface area contributed by atoms with Gasteiger partial charge < -0.3 is 10.2 Å². The summed E-state index contributed by atoms with van der Waals surface area (Å²) in [5.74, 6) is 0.572. The highest BCUT2D eigenvalue weighted by atomic mass is 79.9. The number of nitrogens with one attached hydrogen (secondary N) is 1. The van der Waals surface area contributed by atoms with Gasteiger partial charge in [0.1, 0.15) is 0 Å². The first-order valence-corrected chi connectivity index (χ1v) is 13.6. The van der Waals surface area contributed by atoms with E-state index >= 15 is 0 Å². The van der Waals surface area contributed by atoms with Gasteiger partial charge in [0.25, 0.3) is 0 Å². The number of carbonyl (C=O) groups is 1.